The maximum absolute atomic E-state index is 6.27. The van der Waals surface area contributed by atoms with Crippen LogP contribution in [0.1, 0.15) is 13.3 Å². The number of nitrogens with one attached hydrogen (secondary N) is 2. The molecule has 8 heteroatoms. The van der Waals surface area contributed by atoms with Crippen LogP contribution in [0, 0.1) is 0 Å². The zero-order chi connectivity index (χ0) is 20.6. The summed E-state index contributed by atoms with van der Waals surface area (Å²) in [6.07, 6.45) is 2.73. The molecular weight excluding hydrogens is 390 g/mol. The fraction of sp³-hybridized carbons (Fsp3) is 0.429. The van der Waals surface area contributed by atoms with Gasteiger partial charge in [0.15, 0.2) is 5.96 Å². The number of hydrogen-bond donors (Lipinski definition) is 2. The van der Waals surface area contributed by atoms with Gasteiger partial charge in [-0.1, -0.05) is 17.7 Å². The molecule has 1 aromatic carbocycles. The highest BCUT2D eigenvalue weighted by Crippen LogP contribution is 2.25. The van der Waals surface area contributed by atoms with E-state index in [4.69, 9.17) is 21.1 Å². The summed E-state index contributed by atoms with van der Waals surface area (Å²) in [4.78, 5) is 10.9. The second-order valence-corrected chi connectivity index (χ2v) is 7.35. The molecule has 7 nitrogen and oxygen atoms in total. The number of ether oxygens (including phenoxy) is 2. The van der Waals surface area contributed by atoms with Crippen LogP contribution in [0.5, 0.6) is 11.5 Å². The van der Waals surface area contributed by atoms with Gasteiger partial charge in [0, 0.05) is 38.4 Å². The van der Waals surface area contributed by atoms with E-state index in [1.54, 1.807) is 20.4 Å². The van der Waals surface area contributed by atoms with E-state index in [0.29, 0.717) is 11.6 Å². The van der Waals surface area contributed by atoms with Crippen LogP contribution in [0.25, 0.3) is 0 Å². The van der Waals surface area contributed by atoms with Crippen LogP contribution in [0.2, 0.25) is 5.02 Å². The third-order valence-electron chi connectivity index (χ3n) is 4.73. The smallest absolute Gasteiger partial charge is 0.191 e. The summed E-state index contributed by atoms with van der Waals surface area (Å²) in [5.74, 6) is 3.14. The first-order chi connectivity index (χ1) is 14.1. The highest BCUT2D eigenvalue weighted by atomic mass is 35.5. The molecule has 2 atom stereocenters. The van der Waals surface area contributed by atoms with Crippen molar-refractivity contribution < 1.29 is 9.47 Å². The van der Waals surface area contributed by atoms with Crippen LogP contribution in [-0.2, 0) is 0 Å². The van der Waals surface area contributed by atoms with Gasteiger partial charge in [0.1, 0.15) is 23.4 Å². The number of nitrogens with zero attached hydrogens (tertiary/aromatic N) is 3. The van der Waals surface area contributed by atoms with Crippen molar-refractivity contribution in [2.45, 2.75) is 25.5 Å². The molecule has 0 saturated carbocycles. The summed E-state index contributed by atoms with van der Waals surface area (Å²) < 4.78 is 11.2. The molecule has 3 rings (SSSR count). The number of rotatable bonds is 7. The molecular formula is C21H28ClN5O2. The minimum atomic E-state index is -0.0342. The molecule has 1 saturated heterocycles. The molecule has 1 aliphatic heterocycles. The van der Waals surface area contributed by atoms with Crippen molar-refractivity contribution in [3.05, 3.63) is 47.6 Å². The minimum Gasteiger partial charge on any atom is -0.497 e. The van der Waals surface area contributed by atoms with Gasteiger partial charge in [-0.25, -0.2) is 4.98 Å². The zero-order valence-electron chi connectivity index (χ0n) is 17.1. The Hall–Kier alpha value is -2.67. The minimum absolute atomic E-state index is 0.0342. The van der Waals surface area contributed by atoms with Crippen molar-refractivity contribution in [3.63, 3.8) is 0 Å². The second-order valence-electron chi connectivity index (χ2n) is 6.95. The van der Waals surface area contributed by atoms with Gasteiger partial charge in [-0.3, -0.25) is 4.99 Å². The first-order valence-corrected chi connectivity index (χ1v) is 10.1. The fourth-order valence-electron chi connectivity index (χ4n) is 3.26. The molecule has 29 heavy (non-hydrogen) atoms. The molecule has 2 N–H and O–H groups in total. The van der Waals surface area contributed by atoms with Gasteiger partial charge >= 0.3 is 0 Å². The Morgan fingerprint density at radius 3 is 2.93 bits per heavy atom. The van der Waals surface area contributed by atoms with Crippen molar-refractivity contribution in [1.82, 2.24) is 15.6 Å². The average molecular weight is 418 g/mol. The number of halogens is 1. The van der Waals surface area contributed by atoms with Gasteiger partial charge in [-0.05, 0) is 37.6 Å². The molecule has 156 valence electrons. The third-order valence-corrected chi connectivity index (χ3v) is 5.02. The Morgan fingerprint density at radius 1 is 1.34 bits per heavy atom. The Kier molecular flexibility index (Phi) is 7.41. The van der Waals surface area contributed by atoms with Crippen LogP contribution in [0.15, 0.2) is 47.6 Å². The molecule has 0 bridgehead atoms. The van der Waals surface area contributed by atoms with Crippen molar-refractivity contribution >= 4 is 23.4 Å². The van der Waals surface area contributed by atoms with Crippen molar-refractivity contribution in [1.29, 1.82) is 0 Å². The maximum Gasteiger partial charge on any atom is 0.191 e. The largest absolute Gasteiger partial charge is 0.497 e. The number of hydrogen-bond acceptors (Lipinski definition) is 5. The SMILES string of the molecule is CN=C(NCC(C)Oc1cccc(OC)c1)NC1CCN(c2ncccc2Cl)C1. The standard InChI is InChI=1S/C21H28ClN5O2/c1-15(29-18-7-4-6-17(12-18)28-3)13-25-21(23-2)26-16-9-11-27(14-16)20-19(22)8-5-10-24-20/h4-8,10,12,15-16H,9,11,13-14H2,1-3H3,(H2,23,25,26). The molecule has 2 heterocycles. The summed E-state index contributed by atoms with van der Waals surface area (Å²) in [5.41, 5.74) is 0. The van der Waals surface area contributed by atoms with Gasteiger partial charge in [-0.2, -0.15) is 0 Å². The lowest BCUT2D eigenvalue weighted by molar-refractivity contribution is 0.223. The van der Waals surface area contributed by atoms with E-state index in [1.165, 1.54) is 0 Å². The quantitative estimate of drug-likeness (QED) is 0.533. The van der Waals surface area contributed by atoms with E-state index in [9.17, 15) is 0 Å². The molecule has 1 aromatic heterocycles. The van der Waals surface area contributed by atoms with Crippen molar-refractivity contribution in [3.8, 4) is 11.5 Å². The van der Waals surface area contributed by atoms with Crippen molar-refractivity contribution in [2.24, 2.45) is 4.99 Å². The molecule has 0 radical (unpaired) electrons. The highest BCUT2D eigenvalue weighted by molar-refractivity contribution is 6.32. The molecule has 1 fully saturated rings. The Balaban J connectivity index is 1.46. The number of pyridine rings is 1. The van der Waals surface area contributed by atoms with E-state index in [2.05, 4.69) is 25.5 Å². The molecule has 2 aromatic rings. The average Bonchev–Trinajstić information content (AvgIpc) is 3.19. The van der Waals surface area contributed by atoms with E-state index in [-0.39, 0.29) is 12.1 Å². The van der Waals surface area contributed by atoms with Crippen LogP contribution in [0.4, 0.5) is 5.82 Å². The number of methoxy groups -OCH3 is 1. The molecule has 1 aliphatic rings. The van der Waals surface area contributed by atoms with E-state index in [0.717, 1.165) is 42.8 Å². The van der Waals surface area contributed by atoms with Crippen LogP contribution in [0.3, 0.4) is 0 Å². The van der Waals surface area contributed by atoms with Gasteiger partial charge in [0.05, 0.1) is 18.7 Å². The fourth-order valence-corrected chi connectivity index (χ4v) is 3.50. The normalized spacial score (nSPS) is 17.7. The zero-order valence-corrected chi connectivity index (χ0v) is 17.8. The lowest BCUT2D eigenvalue weighted by Gasteiger charge is -2.21. The van der Waals surface area contributed by atoms with Crippen LogP contribution >= 0.6 is 11.6 Å². The summed E-state index contributed by atoms with van der Waals surface area (Å²) in [6.45, 7) is 4.37. The second kappa shape index (κ2) is 10.2. The number of aliphatic imine (C=N–C) groups is 1. The lowest BCUT2D eigenvalue weighted by Crippen LogP contribution is -2.47. The molecule has 0 amide bonds. The number of benzene rings is 1. The lowest BCUT2D eigenvalue weighted by atomic mass is 10.3. The number of anilines is 1. The summed E-state index contributed by atoms with van der Waals surface area (Å²) >= 11 is 6.27. The summed E-state index contributed by atoms with van der Waals surface area (Å²) in [6, 6.07) is 11.6. The predicted octanol–water partition coefficient (Wildman–Crippen LogP) is 2.95. The first kappa shape index (κ1) is 21.0. The van der Waals surface area contributed by atoms with Gasteiger partial charge < -0.3 is 25.0 Å². The summed E-state index contributed by atoms with van der Waals surface area (Å²) in [5, 5.41) is 7.49. The molecule has 0 aliphatic carbocycles. The van der Waals surface area contributed by atoms with Gasteiger partial charge in [-0.15, -0.1) is 0 Å². The first-order valence-electron chi connectivity index (χ1n) is 9.72. The van der Waals surface area contributed by atoms with Crippen LogP contribution < -0.4 is 25.0 Å². The monoisotopic (exact) mass is 417 g/mol. The van der Waals surface area contributed by atoms with Gasteiger partial charge in [0.2, 0.25) is 0 Å². The molecule has 0 spiro atoms. The van der Waals surface area contributed by atoms with E-state index in [1.807, 2.05) is 43.3 Å². The Bertz CT molecular complexity index is 832. The maximum atomic E-state index is 6.27. The van der Waals surface area contributed by atoms with E-state index >= 15 is 0 Å². The number of guanidine groups is 1. The van der Waals surface area contributed by atoms with Gasteiger partial charge in [0.25, 0.3) is 0 Å². The highest BCUT2D eigenvalue weighted by Gasteiger charge is 2.25. The predicted molar refractivity (Wildman–Crippen MR) is 117 cm³/mol. The third kappa shape index (κ3) is 5.90. The Labute approximate surface area is 177 Å². The van der Waals surface area contributed by atoms with Crippen LogP contribution in [-0.4, -0.2) is 56.9 Å². The topological polar surface area (TPSA) is 71.0 Å². The number of aromatic nitrogens is 1. The summed E-state index contributed by atoms with van der Waals surface area (Å²) in [7, 11) is 3.41. The van der Waals surface area contributed by atoms with E-state index < -0.39 is 0 Å². The Morgan fingerprint density at radius 2 is 2.17 bits per heavy atom. The molecule has 2 unspecified atom stereocenters. The van der Waals surface area contributed by atoms with Crippen molar-refractivity contribution in [2.75, 3.05) is 38.7 Å².